The van der Waals surface area contributed by atoms with E-state index in [4.69, 9.17) is 10.00 Å². The van der Waals surface area contributed by atoms with Crippen LogP contribution in [0.4, 0.5) is 0 Å². The van der Waals surface area contributed by atoms with Gasteiger partial charge in [-0.3, -0.25) is 9.69 Å². The Kier molecular flexibility index (Phi) is 8.28. The van der Waals surface area contributed by atoms with Crippen molar-refractivity contribution in [2.75, 3.05) is 26.7 Å². The molecule has 3 aromatic rings. The van der Waals surface area contributed by atoms with Gasteiger partial charge in [-0.2, -0.15) is 5.26 Å². The molecule has 0 spiro atoms. The van der Waals surface area contributed by atoms with Gasteiger partial charge in [-0.05, 0) is 49.0 Å². The van der Waals surface area contributed by atoms with E-state index in [1.165, 1.54) is 14.7 Å². The van der Waals surface area contributed by atoms with Gasteiger partial charge in [0, 0.05) is 5.92 Å². The number of nitriles is 1. The first kappa shape index (κ1) is 22.6. The molecule has 158 valence electrons. The van der Waals surface area contributed by atoms with Gasteiger partial charge in [0.25, 0.3) is 0 Å². The van der Waals surface area contributed by atoms with Crippen LogP contribution in [0.5, 0.6) is 0 Å². The van der Waals surface area contributed by atoms with E-state index >= 15 is 0 Å². The normalized spacial score (nSPS) is 11.8. The summed E-state index contributed by atoms with van der Waals surface area (Å²) < 4.78 is 5.40. The maximum Gasteiger partial charge on any atom is 0.320 e. The summed E-state index contributed by atoms with van der Waals surface area (Å²) in [6.07, 6.45) is 0. The van der Waals surface area contributed by atoms with Gasteiger partial charge in [-0.25, -0.2) is 0 Å². The topological polar surface area (TPSA) is 53.3 Å². The number of ether oxygens (including phenoxy) is 1. The third kappa shape index (κ3) is 6.45. The summed E-state index contributed by atoms with van der Waals surface area (Å²) in [6, 6.07) is 31.7. The predicted molar refractivity (Wildman–Crippen MR) is 124 cm³/mol. The molecule has 0 aliphatic rings. The molecule has 3 rings (SSSR count). The molecule has 0 aliphatic heterocycles. The predicted octanol–water partition coefficient (Wildman–Crippen LogP) is 4.88. The highest BCUT2D eigenvalue weighted by Crippen LogP contribution is 2.31. The van der Waals surface area contributed by atoms with Gasteiger partial charge in [0.1, 0.15) is 0 Å². The maximum atomic E-state index is 11.9. The lowest BCUT2D eigenvalue weighted by molar-refractivity contribution is -0.144. The van der Waals surface area contributed by atoms with E-state index in [0.29, 0.717) is 6.61 Å². The van der Waals surface area contributed by atoms with Crippen LogP contribution in [0, 0.1) is 11.3 Å². The lowest BCUT2D eigenvalue weighted by Gasteiger charge is -2.15. The summed E-state index contributed by atoms with van der Waals surface area (Å²) in [7, 11) is 1.55. The lowest BCUT2D eigenvalue weighted by atomic mass is 10.0. The van der Waals surface area contributed by atoms with Crippen molar-refractivity contribution in [2.45, 2.75) is 27.5 Å². The molecule has 0 saturated heterocycles. The summed E-state index contributed by atoms with van der Waals surface area (Å²) in [5.74, 6) is -0.217. The molecule has 0 fully saturated rings. The van der Waals surface area contributed by atoms with Crippen LogP contribution in [-0.4, -0.2) is 37.6 Å². The van der Waals surface area contributed by atoms with Gasteiger partial charge in [0.05, 0.1) is 36.7 Å². The van der Waals surface area contributed by atoms with Crippen molar-refractivity contribution >= 4 is 16.9 Å². The highest BCUT2D eigenvalue weighted by atomic mass is 32.2. The zero-order chi connectivity index (χ0) is 22.1. The van der Waals surface area contributed by atoms with Crippen LogP contribution in [0.3, 0.4) is 0 Å². The summed E-state index contributed by atoms with van der Waals surface area (Å²) in [5.41, 5.74) is 1.13. The number of hydrogen-bond donors (Lipinski definition) is 0. The number of rotatable bonds is 9. The second-order valence-corrected chi connectivity index (χ2v) is 9.44. The Morgan fingerprint density at radius 3 is 1.97 bits per heavy atom. The Hall–Kier alpha value is -3.07. The van der Waals surface area contributed by atoms with Crippen molar-refractivity contribution in [3.63, 3.8) is 0 Å². The van der Waals surface area contributed by atoms with Crippen LogP contribution in [0.15, 0.2) is 99.6 Å². The summed E-state index contributed by atoms with van der Waals surface area (Å²) >= 11 is 0. The third-order valence-electron chi connectivity index (χ3n) is 4.88. The van der Waals surface area contributed by atoms with Crippen LogP contribution < -0.4 is 0 Å². The molecule has 3 aromatic carbocycles. The van der Waals surface area contributed by atoms with Gasteiger partial charge in [0.15, 0.2) is 14.7 Å². The fraction of sp³-hybridized carbons (Fsp3) is 0.231. The van der Waals surface area contributed by atoms with Crippen molar-refractivity contribution in [1.82, 2.24) is 4.90 Å². The standard InChI is InChI=1S/C26H27N2O2S/c1-21(20-30-26(29)19-28(2)18-17-27)22-13-15-25(16-14-22)31(23-9-5-3-6-10-23)24-11-7-4-8-12-24/h3-16,21H,18-20H2,1-2H3/q+1. The summed E-state index contributed by atoms with van der Waals surface area (Å²) in [6.45, 7) is 2.70. The van der Waals surface area contributed by atoms with Gasteiger partial charge in [0.2, 0.25) is 0 Å². The molecule has 1 atom stereocenters. The lowest BCUT2D eigenvalue weighted by Crippen LogP contribution is -2.28. The Balaban J connectivity index is 1.70. The van der Waals surface area contributed by atoms with Crippen molar-refractivity contribution < 1.29 is 9.53 Å². The Morgan fingerprint density at radius 1 is 0.935 bits per heavy atom. The molecule has 31 heavy (non-hydrogen) atoms. The van der Waals surface area contributed by atoms with Gasteiger partial charge >= 0.3 is 5.97 Å². The fourth-order valence-electron chi connectivity index (χ4n) is 3.21. The van der Waals surface area contributed by atoms with Crippen molar-refractivity contribution in [1.29, 1.82) is 5.26 Å². The van der Waals surface area contributed by atoms with E-state index in [2.05, 4.69) is 79.7 Å². The first-order valence-corrected chi connectivity index (χ1v) is 11.5. The molecule has 0 heterocycles. The minimum absolute atomic E-state index is 0.0921. The smallest absolute Gasteiger partial charge is 0.320 e. The molecule has 5 heteroatoms. The van der Waals surface area contributed by atoms with Crippen LogP contribution in [0.1, 0.15) is 18.4 Å². The van der Waals surface area contributed by atoms with Crippen molar-refractivity contribution in [3.8, 4) is 6.07 Å². The van der Waals surface area contributed by atoms with Crippen molar-refractivity contribution in [3.05, 3.63) is 90.5 Å². The Bertz CT molecular complexity index is 962. The molecule has 0 radical (unpaired) electrons. The third-order valence-corrected chi connectivity index (χ3v) is 7.11. The molecule has 0 N–H and O–H groups in total. The number of carbonyl (C=O) groups excluding carboxylic acids is 1. The monoisotopic (exact) mass is 431 g/mol. The van der Waals surface area contributed by atoms with E-state index in [-0.39, 0.29) is 35.9 Å². The van der Waals surface area contributed by atoms with Crippen LogP contribution in [0.2, 0.25) is 0 Å². The van der Waals surface area contributed by atoms with Crippen molar-refractivity contribution in [2.24, 2.45) is 0 Å². The molecule has 1 unspecified atom stereocenters. The molecule has 0 aromatic heterocycles. The SMILES string of the molecule is CC(COC(=O)CN(C)CC#N)c1ccc([S+](c2ccccc2)c2ccccc2)cc1. The number of esters is 1. The van der Waals surface area contributed by atoms with Gasteiger partial charge < -0.3 is 4.74 Å². The number of nitrogens with zero attached hydrogens (tertiary/aromatic N) is 2. The van der Waals surface area contributed by atoms with E-state index < -0.39 is 0 Å². The van der Waals surface area contributed by atoms with Crippen LogP contribution >= 0.6 is 0 Å². The van der Waals surface area contributed by atoms with Gasteiger partial charge in [-0.15, -0.1) is 0 Å². The highest BCUT2D eigenvalue weighted by Gasteiger charge is 2.28. The molecule has 4 nitrogen and oxygen atoms in total. The fourth-order valence-corrected chi connectivity index (χ4v) is 5.29. The van der Waals surface area contributed by atoms with Crippen LogP contribution in [-0.2, 0) is 20.4 Å². The Labute approximate surface area is 187 Å². The molecule has 0 saturated carbocycles. The summed E-state index contributed by atoms with van der Waals surface area (Å²) in [4.78, 5) is 17.4. The first-order valence-electron chi connectivity index (χ1n) is 10.2. The second-order valence-electron chi connectivity index (χ2n) is 7.42. The second kappa shape index (κ2) is 11.4. The van der Waals surface area contributed by atoms with Gasteiger partial charge in [-0.1, -0.05) is 55.5 Å². The first-order chi connectivity index (χ1) is 15.1. The Morgan fingerprint density at radius 2 is 1.45 bits per heavy atom. The largest absolute Gasteiger partial charge is 0.464 e. The maximum absolute atomic E-state index is 11.9. The van der Waals surface area contributed by atoms with E-state index in [1.54, 1.807) is 11.9 Å². The zero-order valence-electron chi connectivity index (χ0n) is 17.9. The molecule has 0 amide bonds. The average Bonchev–Trinajstić information content (AvgIpc) is 2.80. The number of hydrogen-bond acceptors (Lipinski definition) is 4. The zero-order valence-corrected chi connectivity index (χ0v) is 18.7. The minimum atomic E-state index is -0.309. The summed E-state index contributed by atoms with van der Waals surface area (Å²) in [5, 5.41) is 8.68. The highest BCUT2D eigenvalue weighted by molar-refractivity contribution is 7.97. The number of carbonyl (C=O) groups is 1. The van der Waals surface area contributed by atoms with E-state index in [1.807, 2.05) is 18.2 Å². The molecular weight excluding hydrogens is 404 g/mol. The number of likely N-dealkylation sites (N-methyl/N-ethyl adjacent to an activating group) is 1. The van der Waals surface area contributed by atoms with E-state index in [0.717, 1.165) is 5.56 Å². The average molecular weight is 432 g/mol. The van der Waals surface area contributed by atoms with E-state index in [9.17, 15) is 4.79 Å². The number of benzene rings is 3. The molecule has 0 bridgehead atoms. The quantitative estimate of drug-likeness (QED) is 0.275. The molecule has 0 aliphatic carbocycles. The van der Waals surface area contributed by atoms with Crippen LogP contribution in [0.25, 0.3) is 0 Å². The minimum Gasteiger partial charge on any atom is -0.464 e. The molecular formula is C26H27N2O2S+.